The minimum Gasteiger partial charge on any atom is -0.508 e. The van der Waals surface area contributed by atoms with Crippen molar-refractivity contribution < 1.29 is 5.11 Å². The fourth-order valence-corrected chi connectivity index (χ4v) is 1.32. The third-order valence-electron chi connectivity index (χ3n) is 2.21. The molecule has 3 N–H and O–H groups in total. The Labute approximate surface area is 83.8 Å². The molecule has 0 saturated carbocycles. The van der Waals surface area contributed by atoms with E-state index in [0.717, 1.165) is 17.5 Å². The average Bonchev–Trinajstić information content (AvgIpc) is 2.20. The molecule has 0 fully saturated rings. The van der Waals surface area contributed by atoms with Crippen molar-refractivity contribution >= 4 is 0 Å². The van der Waals surface area contributed by atoms with Crippen LogP contribution in [0.5, 0.6) is 5.75 Å². The van der Waals surface area contributed by atoms with Crippen molar-refractivity contribution in [3.8, 4) is 11.8 Å². The molecule has 0 spiro atoms. The van der Waals surface area contributed by atoms with Crippen molar-refractivity contribution in [1.29, 1.82) is 5.26 Å². The van der Waals surface area contributed by atoms with Crippen LogP contribution in [0.25, 0.3) is 0 Å². The van der Waals surface area contributed by atoms with E-state index >= 15 is 0 Å². The lowest BCUT2D eigenvalue weighted by atomic mass is 10.0. The van der Waals surface area contributed by atoms with Gasteiger partial charge in [0.25, 0.3) is 0 Å². The molecule has 0 bridgehead atoms. The zero-order valence-corrected chi connectivity index (χ0v) is 8.20. The summed E-state index contributed by atoms with van der Waals surface area (Å²) in [7, 11) is 0. The molecule has 14 heavy (non-hydrogen) atoms. The Kier molecular flexibility index (Phi) is 3.49. The van der Waals surface area contributed by atoms with Crippen LogP contribution in [0, 0.1) is 11.3 Å². The summed E-state index contributed by atoms with van der Waals surface area (Å²) in [4.78, 5) is 0. The van der Waals surface area contributed by atoms with Crippen LogP contribution in [0.1, 0.15) is 30.5 Å². The van der Waals surface area contributed by atoms with Crippen LogP contribution in [-0.4, -0.2) is 5.11 Å². The molecular formula is C11H14N2O. The van der Waals surface area contributed by atoms with Crippen LogP contribution >= 0.6 is 0 Å². The summed E-state index contributed by atoms with van der Waals surface area (Å²) in [6.45, 7) is 1.96. The molecule has 1 aromatic carbocycles. The van der Waals surface area contributed by atoms with E-state index in [4.69, 9.17) is 11.0 Å². The molecule has 1 unspecified atom stereocenters. The Balaban J connectivity index is 3.03. The number of benzene rings is 1. The average molecular weight is 190 g/mol. The Morgan fingerprint density at radius 2 is 2.29 bits per heavy atom. The number of nitrogens with zero attached hydrogens (tertiary/aromatic N) is 1. The summed E-state index contributed by atoms with van der Waals surface area (Å²) < 4.78 is 0. The lowest BCUT2D eigenvalue weighted by Crippen LogP contribution is -2.09. The highest BCUT2D eigenvalue weighted by atomic mass is 16.3. The summed E-state index contributed by atoms with van der Waals surface area (Å²) in [6, 6.07) is 7.04. The first-order chi connectivity index (χ1) is 6.69. The van der Waals surface area contributed by atoms with Crippen molar-refractivity contribution in [3.63, 3.8) is 0 Å². The predicted molar refractivity (Wildman–Crippen MR) is 54.6 cm³/mol. The predicted octanol–water partition coefficient (Wildman–Crippen LogP) is 1.87. The molecule has 0 aliphatic rings. The zero-order chi connectivity index (χ0) is 10.6. The number of rotatable bonds is 3. The first kappa shape index (κ1) is 10.6. The Morgan fingerprint density at radius 1 is 1.57 bits per heavy atom. The molecule has 0 saturated heterocycles. The Hall–Kier alpha value is -1.53. The maximum absolute atomic E-state index is 9.54. The van der Waals surface area contributed by atoms with Crippen LogP contribution in [0.2, 0.25) is 0 Å². The first-order valence-corrected chi connectivity index (χ1v) is 4.63. The number of aromatic hydroxyl groups is 1. The Bertz CT molecular complexity index is 355. The van der Waals surface area contributed by atoms with E-state index in [-0.39, 0.29) is 11.8 Å². The summed E-state index contributed by atoms with van der Waals surface area (Å²) in [5.41, 5.74) is 7.43. The second kappa shape index (κ2) is 4.64. The molecule has 0 heterocycles. The lowest BCUT2D eigenvalue weighted by Gasteiger charge is -2.12. The quantitative estimate of drug-likeness (QED) is 0.764. The fraction of sp³-hybridized carbons (Fsp3) is 0.364. The molecule has 74 valence electrons. The van der Waals surface area contributed by atoms with Crippen LogP contribution in [-0.2, 0) is 6.42 Å². The fourth-order valence-electron chi connectivity index (χ4n) is 1.32. The first-order valence-electron chi connectivity index (χ1n) is 4.63. The van der Waals surface area contributed by atoms with Gasteiger partial charge in [-0.25, -0.2) is 0 Å². The van der Waals surface area contributed by atoms with E-state index in [0.29, 0.717) is 6.42 Å². The number of phenols is 1. The summed E-state index contributed by atoms with van der Waals surface area (Å²) in [5.74, 6) is 0.209. The van der Waals surface area contributed by atoms with Gasteiger partial charge in [-0.2, -0.15) is 5.26 Å². The van der Waals surface area contributed by atoms with Gasteiger partial charge in [0.15, 0.2) is 0 Å². The van der Waals surface area contributed by atoms with Crippen molar-refractivity contribution in [1.82, 2.24) is 0 Å². The minimum atomic E-state index is -0.159. The van der Waals surface area contributed by atoms with Crippen LogP contribution in [0.15, 0.2) is 18.2 Å². The van der Waals surface area contributed by atoms with Gasteiger partial charge in [0.1, 0.15) is 5.75 Å². The van der Waals surface area contributed by atoms with Crippen molar-refractivity contribution in [2.45, 2.75) is 25.8 Å². The standard InChI is InChI=1S/C11H14N2O/c1-2-10(13)9-7-8(5-6-12)3-4-11(9)14/h3-4,7,10,14H,2,5,13H2,1H3. The van der Waals surface area contributed by atoms with E-state index in [1.807, 2.05) is 6.92 Å². The topological polar surface area (TPSA) is 70.0 Å². The largest absolute Gasteiger partial charge is 0.508 e. The minimum absolute atomic E-state index is 0.159. The molecule has 0 amide bonds. The van der Waals surface area contributed by atoms with Gasteiger partial charge in [-0.1, -0.05) is 13.0 Å². The highest BCUT2D eigenvalue weighted by molar-refractivity contribution is 5.39. The van der Waals surface area contributed by atoms with Gasteiger partial charge in [0.2, 0.25) is 0 Å². The molecule has 1 atom stereocenters. The molecule has 0 aliphatic carbocycles. The molecule has 3 nitrogen and oxygen atoms in total. The summed E-state index contributed by atoms with van der Waals surface area (Å²) in [6.07, 6.45) is 1.12. The van der Waals surface area contributed by atoms with Gasteiger partial charge in [-0.05, 0) is 24.1 Å². The normalized spacial score (nSPS) is 12.1. The third-order valence-corrected chi connectivity index (χ3v) is 2.21. The molecule has 3 heteroatoms. The lowest BCUT2D eigenvalue weighted by molar-refractivity contribution is 0.460. The molecule has 0 aromatic heterocycles. The van der Waals surface area contributed by atoms with Gasteiger partial charge in [0.05, 0.1) is 12.5 Å². The number of phenolic OH excluding ortho intramolecular Hbond substituents is 1. The van der Waals surface area contributed by atoms with E-state index in [1.54, 1.807) is 18.2 Å². The number of hydrogen-bond donors (Lipinski definition) is 2. The van der Waals surface area contributed by atoms with Crippen molar-refractivity contribution in [2.24, 2.45) is 5.73 Å². The molecule has 1 rings (SSSR count). The SMILES string of the molecule is CCC(N)c1cc(CC#N)ccc1O. The van der Waals surface area contributed by atoms with Gasteiger partial charge < -0.3 is 10.8 Å². The van der Waals surface area contributed by atoms with E-state index in [2.05, 4.69) is 6.07 Å². The highest BCUT2D eigenvalue weighted by Gasteiger charge is 2.09. The smallest absolute Gasteiger partial charge is 0.120 e. The monoisotopic (exact) mass is 190 g/mol. The maximum atomic E-state index is 9.54. The summed E-state index contributed by atoms with van der Waals surface area (Å²) in [5, 5.41) is 18.1. The number of nitriles is 1. The van der Waals surface area contributed by atoms with Crippen LogP contribution < -0.4 is 5.73 Å². The van der Waals surface area contributed by atoms with Crippen LogP contribution in [0.4, 0.5) is 0 Å². The van der Waals surface area contributed by atoms with Gasteiger partial charge in [0, 0.05) is 11.6 Å². The molecular weight excluding hydrogens is 176 g/mol. The third kappa shape index (κ3) is 2.24. The molecule has 0 aliphatic heterocycles. The second-order valence-corrected chi connectivity index (χ2v) is 3.24. The van der Waals surface area contributed by atoms with Crippen molar-refractivity contribution in [3.05, 3.63) is 29.3 Å². The maximum Gasteiger partial charge on any atom is 0.120 e. The van der Waals surface area contributed by atoms with Gasteiger partial charge >= 0.3 is 0 Å². The molecule has 0 radical (unpaired) electrons. The molecule has 1 aromatic rings. The zero-order valence-electron chi connectivity index (χ0n) is 8.20. The highest BCUT2D eigenvalue weighted by Crippen LogP contribution is 2.25. The second-order valence-electron chi connectivity index (χ2n) is 3.24. The van der Waals surface area contributed by atoms with Gasteiger partial charge in [-0.15, -0.1) is 0 Å². The number of hydrogen-bond acceptors (Lipinski definition) is 3. The van der Waals surface area contributed by atoms with E-state index in [9.17, 15) is 5.11 Å². The Morgan fingerprint density at radius 3 is 2.86 bits per heavy atom. The van der Waals surface area contributed by atoms with Crippen LogP contribution in [0.3, 0.4) is 0 Å². The summed E-state index contributed by atoms with van der Waals surface area (Å²) >= 11 is 0. The van der Waals surface area contributed by atoms with Crippen molar-refractivity contribution in [2.75, 3.05) is 0 Å². The van der Waals surface area contributed by atoms with Gasteiger partial charge in [-0.3, -0.25) is 0 Å². The number of nitrogens with two attached hydrogens (primary N) is 1. The van der Waals surface area contributed by atoms with E-state index < -0.39 is 0 Å². The van der Waals surface area contributed by atoms with E-state index in [1.165, 1.54) is 0 Å².